The van der Waals surface area contributed by atoms with E-state index in [2.05, 4.69) is 43.3 Å². The molecule has 18 heavy (non-hydrogen) atoms. The van der Waals surface area contributed by atoms with Gasteiger partial charge in [-0.15, -0.1) is 11.3 Å². The van der Waals surface area contributed by atoms with Crippen molar-refractivity contribution in [2.75, 3.05) is 26.8 Å². The van der Waals surface area contributed by atoms with Gasteiger partial charge in [0, 0.05) is 28.9 Å². The highest BCUT2D eigenvalue weighted by Gasteiger charge is 2.38. The summed E-state index contributed by atoms with van der Waals surface area (Å²) in [7, 11) is 2.19. The average Bonchev–Trinajstić information content (AvgIpc) is 2.91. The van der Waals surface area contributed by atoms with Gasteiger partial charge in [0.1, 0.15) is 0 Å². The lowest BCUT2D eigenvalue weighted by atomic mass is 9.85. The summed E-state index contributed by atoms with van der Waals surface area (Å²) in [5, 5.41) is 2.14. The Labute approximate surface area is 114 Å². The fourth-order valence-corrected chi connectivity index (χ4v) is 3.32. The lowest BCUT2D eigenvalue weighted by Crippen LogP contribution is -2.48. The maximum Gasteiger partial charge on any atom is 0.0624 e. The van der Waals surface area contributed by atoms with Crippen LogP contribution in [0.4, 0.5) is 0 Å². The van der Waals surface area contributed by atoms with Gasteiger partial charge in [-0.3, -0.25) is 0 Å². The van der Waals surface area contributed by atoms with E-state index in [4.69, 9.17) is 10.5 Å². The topological polar surface area (TPSA) is 38.5 Å². The largest absolute Gasteiger partial charge is 0.379 e. The van der Waals surface area contributed by atoms with E-state index >= 15 is 0 Å². The Morgan fingerprint density at radius 2 is 2.44 bits per heavy atom. The zero-order valence-corrected chi connectivity index (χ0v) is 12.4. The van der Waals surface area contributed by atoms with Gasteiger partial charge in [-0.05, 0) is 31.8 Å². The fraction of sp³-hybridized carbons (Fsp3) is 0.714. The Morgan fingerprint density at radius 1 is 1.67 bits per heavy atom. The van der Waals surface area contributed by atoms with Crippen LogP contribution in [0.15, 0.2) is 17.5 Å². The summed E-state index contributed by atoms with van der Waals surface area (Å²) >= 11 is 1.83. The summed E-state index contributed by atoms with van der Waals surface area (Å²) in [5.41, 5.74) is 6.24. The first-order valence-corrected chi connectivity index (χ1v) is 7.45. The quantitative estimate of drug-likeness (QED) is 0.887. The summed E-state index contributed by atoms with van der Waals surface area (Å²) in [6.07, 6.45) is 1.11. The number of likely N-dealkylation sites (N-methyl/N-ethyl adjacent to an activating group) is 1. The molecule has 2 heterocycles. The van der Waals surface area contributed by atoms with Crippen molar-refractivity contribution in [3.8, 4) is 0 Å². The third-order valence-electron chi connectivity index (χ3n) is 4.06. The molecule has 0 amide bonds. The summed E-state index contributed by atoms with van der Waals surface area (Å²) in [4.78, 5) is 3.86. The Morgan fingerprint density at radius 3 is 3.00 bits per heavy atom. The highest BCUT2D eigenvalue weighted by molar-refractivity contribution is 7.09. The molecule has 0 saturated carbocycles. The molecule has 3 unspecified atom stereocenters. The van der Waals surface area contributed by atoms with Crippen molar-refractivity contribution in [2.45, 2.75) is 32.4 Å². The Hall–Kier alpha value is -0.420. The van der Waals surface area contributed by atoms with Crippen LogP contribution in [-0.2, 0) is 11.2 Å². The van der Waals surface area contributed by atoms with Crippen molar-refractivity contribution >= 4 is 11.3 Å². The molecule has 2 rings (SSSR count). The van der Waals surface area contributed by atoms with Crippen molar-refractivity contribution < 1.29 is 4.74 Å². The third kappa shape index (κ3) is 3.12. The predicted molar refractivity (Wildman–Crippen MR) is 77.0 cm³/mol. The predicted octanol–water partition coefficient (Wildman–Crippen LogP) is 1.97. The minimum absolute atomic E-state index is 0.0957. The maximum atomic E-state index is 6.15. The Balaban J connectivity index is 1.89. The zero-order valence-electron chi connectivity index (χ0n) is 11.6. The Bertz CT molecular complexity index is 368. The smallest absolute Gasteiger partial charge is 0.0624 e. The molecule has 3 nitrogen and oxygen atoms in total. The molecule has 4 heteroatoms. The normalized spacial score (nSPS) is 29.9. The molecule has 0 spiro atoms. The first kappa shape index (κ1) is 14.0. The SMILES string of the molecule is CC(Cc1cccs1)N(C)CC1(C)COCC1N. The molecule has 1 aliphatic heterocycles. The van der Waals surface area contributed by atoms with E-state index in [-0.39, 0.29) is 11.5 Å². The second-order valence-electron chi connectivity index (χ2n) is 5.82. The van der Waals surface area contributed by atoms with Crippen LogP contribution >= 0.6 is 11.3 Å². The van der Waals surface area contributed by atoms with Gasteiger partial charge in [0.15, 0.2) is 0 Å². The molecule has 0 aliphatic carbocycles. The van der Waals surface area contributed by atoms with E-state index in [1.165, 1.54) is 4.88 Å². The van der Waals surface area contributed by atoms with Crippen LogP contribution in [0.5, 0.6) is 0 Å². The van der Waals surface area contributed by atoms with Gasteiger partial charge in [-0.25, -0.2) is 0 Å². The number of nitrogens with zero attached hydrogens (tertiary/aromatic N) is 1. The van der Waals surface area contributed by atoms with Crippen LogP contribution in [0.3, 0.4) is 0 Å². The molecule has 1 aliphatic rings. The van der Waals surface area contributed by atoms with E-state index in [1.54, 1.807) is 0 Å². The van der Waals surface area contributed by atoms with Gasteiger partial charge >= 0.3 is 0 Å². The summed E-state index contributed by atoms with van der Waals surface area (Å²) < 4.78 is 5.51. The highest BCUT2D eigenvalue weighted by Crippen LogP contribution is 2.28. The number of hydrogen-bond acceptors (Lipinski definition) is 4. The van der Waals surface area contributed by atoms with Gasteiger partial charge in [-0.2, -0.15) is 0 Å². The number of nitrogens with two attached hydrogens (primary N) is 1. The number of rotatable bonds is 5. The first-order valence-electron chi connectivity index (χ1n) is 6.57. The molecule has 3 atom stereocenters. The van der Waals surface area contributed by atoms with Crippen molar-refractivity contribution in [2.24, 2.45) is 11.1 Å². The van der Waals surface area contributed by atoms with E-state index in [1.807, 2.05) is 11.3 Å². The molecule has 0 radical (unpaired) electrons. The van der Waals surface area contributed by atoms with Crippen molar-refractivity contribution in [1.82, 2.24) is 4.90 Å². The molecule has 0 aromatic carbocycles. The van der Waals surface area contributed by atoms with Gasteiger partial charge in [0.25, 0.3) is 0 Å². The zero-order chi connectivity index (χ0) is 13.2. The standard InChI is InChI=1S/C14H24N2OS/c1-11(7-12-5-4-6-18-12)16(3)9-14(2)10-17-8-13(14)15/h4-6,11,13H,7-10,15H2,1-3H3. The summed E-state index contributed by atoms with van der Waals surface area (Å²) in [5.74, 6) is 0. The first-order chi connectivity index (χ1) is 8.51. The van der Waals surface area contributed by atoms with Gasteiger partial charge in [0.05, 0.1) is 13.2 Å². The third-order valence-corrected chi connectivity index (χ3v) is 4.96. The lowest BCUT2D eigenvalue weighted by molar-refractivity contribution is 0.114. The summed E-state index contributed by atoms with van der Waals surface area (Å²) in [6.45, 7) is 7.00. The number of ether oxygens (including phenoxy) is 1. The van der Waals surface area contributed by atoms with Crippen LogP contribution in [0.2, 0.25) is 0 Å². The van der Waals surface area contributed by atoms with Crippen molar-refractivity contribution in [3.05, 3.63) is 22.4 Å². The van der Waals surface area contributed by atoms with Gasteiger partial charge in [-0.1, -0.05) is 13.0 Å². The molecule has 2 N–H and O–H groups in total. The summed E-state index contributed by atoms with van der Waals surface area (Å²) in [6, 6.07) is 5.03. The molecule has 1 aromatic rings. The molecule has 102 valence electrons. The molecular formula is C14H24N2OS. The highest BCUT2D eigenvalue weighted by atomic mass is 32.1. The molecule has 0 bridgehead atoms. The minimum atomic E-state index is 0.0957. The Kier molecular flexibility index (Phi) is 4.43. The van der Waals surface area contributed by atoms with E-state index in [0.717, 1.165) is 19.6 Å². The molecule has 1 fully saturated rings. The second-order valence-corrected chi connectivity index (χ2v) is 6.86. The average molecular weight is 268 g/mol. The van der Waals surface area contributed by atoms with Crippen molar-refractivity contribution in [1.29, 1.82) is 0 Å². The molecule has 1 saturated heterocycles. The van der Waals surface area contributed by atoms with Crippen LogP contribution in [0, 0.1) is 5.41 Å². The van der Waals surface area contributed by atoms with Gasteiger partial charge in [0.2, 0.25) is 0 Å². The second kappa shape index (κ2) is 5.70. The van der Waals surface area contributed by atoms with E-state index in [0.29, 0.717) is 12.6 Å². The monoisotopic (exact) mass is 268 g/mol. The van der Waals surface area contributed by atoms with Gasteiger partial charge < -0.3 is 15.4 Å². The van der Waals surface area contributed by atoms with Crippen LogP contribution in [0.25, 0.3) is 0 Å². The molecule has 1 aromatic heterocycles. The van der Waals surface area contributed by atoms with Crippen LogP contribution < -0.4 is 5.73 Å². The van der Waals surface area contributed by atoms with E-state index < -0.39 is 0 Å². The van der Waals surface area contributed by atoms with Crippen LogP contribution in [-0.4, -0.2) is 43.8 Å². The molecular weight excluding hydrogens is 244 g/mol. The lowest BCUT2D eigenvalue weighted by Gasteiger charge is -2.35. The van der Waals surface area contributed by atoms with Crippen molar-refractivity contribution in [3.63, 3.8) is 0 Å². The van der Waals surface area contributed by atoms with E-state index in [9.17, 15) is 0 Å². The number of hydrogen-bond donors (Lipinski definition) is 1. The number of thiophene rings is 1. The minimum Gasteiger partial charge on any atom is -0.379 e. The fourth-order valence-electron chi connectivity index (χ4n) is 2.49. The van der Waals surface area contributed by atoms with Crippen LogP contribution in [0.1, 0.15) is 18.7 Å². The maximum absolute atomic E-state index is 6.15.